The van der Waals surface area contributed by atoms with Crippen molar-refractivity contribution in [2.45, 2.75) is 32.2 Å². The molecule has 0 aliphatic heterocycles. The molecule has 0 fully saturated rings. The van der Waals surface area contributed by atoms with Crippen molar-refractivity contribution in [1.82, 2.24) is 9.97 Å². The van der Waals surface area contributed by atoms with Crippen LogP contribution in [-0.4, -0.2) is 15.7 Å². The molecule has 1 aromatic heterocycles. The van der Waals surface area contributed by atoms with Crippen LogP contribution in [0.3, 0.4) is 0 Å². The molecule has 0 atom stereocenters. The second-order valence-corrected chi connectivity index (χ2v) is 7.66. The SMILES string of the molecule is Cc1nc(-c2ccccc2)nc(SCC(C)C)c1Cc1ccccc1. The summed E-state index contributed by atoms with van der Waals surface area (Å²) in [7, 11) is 0. The van der Waals surface area contributed by atoms with Crippen LogP contribution in [0.2, 0.25) is 0 Å². The average molecular weight is 349 g/mol. The van der Waals surface area contributed by atoms with Gasteiger partial charge in [0.25, 0.3) is 0 Å². The predicted octanol–water partition coefficient (Wildman–Crippen LogP) is 5.79. The first kappa shape index (κ1) is 17.7. The Hall–Kier alpha value is -2.13. The fourth-order valence-electron chi connectivity index (χ4n) is 2.65. The van der Waals surface area contributed by atoms with E-state index in [1.165, 1.54) is 11.1 Å². The fourth-order valence-corrected chi connectivity index (χ4v) is 3.69. The molecular weight excluding hydrogens is 324 g/mol. The van der Waals surface area contributed by atoms with Gasteiger partial charge in [-0.15, -0.1) is 11.8 Å². The Morgan fingerprint density at radius 3 is 2.16 bits per heavy atom. The molecule has 3 rings (SSSR count). The van der Waals surface area contributed by atoms with Crippen molar-refractivity contribution in [1.29, 1.82) is 0 Å². The monoisotopic (exact) mass is 348 g/mol. The smallest absolute Gasteiger partial charge is 0.160 e. The quantitative estimate of drug-likeness (QED) is 0.416. The van der Waals surface area contributed by atoms with Gasteiger partial charge in [0, 0.05) is 29.0 Å². The average Bonchev–Trinajstić information content (AvgIpc) is 2.63. The highest BCUT2D eigenvalue weighted by atomic mass is 32.2. The summed E-state index contributed by atoms with van der Waals surface area (Å²) in [5.41, 5.74) is 4.69. The third-order valence-corrected chi connectivity index (χ3v) is 5.43. The molecule has 0 radical (unpaired) electrons. The van der Waals surface area contributed by atoms with Crippen LogP contribution in [0, 0.1) is 12.8 Å². The van der Waals surface area contributed by atoms with E-state index in [9.17, 15) is 0 Å². The number of benzene rings is 2. The maximum atomic E-state index is 4.92. The molecule has 0 spiro atoms. The van der Waals surface area contributed by atoms with Crippen LogP contribution in [0.15, 0.2) is 65.7 Å². The molecule has 3 aromatic rings. The Bertz CT molecular complexity index is 814. The minimum absolute atomic E-state index is 0.630. The molecule has 0 N–H and O–H groups in total. The van der Waals surface area contributed by atoms with Gasteiger partial charge in [0.15, 0.2) is 5.82 Å². The summed E-state index contributed by atoms with van der Waals surface area (Å²) in [4.78, 5) is 9.73. The first-order chi connectivity index (χ1) is 12.1. The van der Waals surface area contributed by atoms with Crippen molar-refractivity contribution in [3.8, 4) is 11.4 Å². The van der Waals surface area contributed by atoms with Crippen LogP contribution >= 0.6 is 11.8 Å². The van der Waals surface area contributed by atoms with Crippen LogP contribution in [0.25, 0.3) is 11.4 Å². The number of hydrogen-bond acceptors (Lipinski definition) is 3. The van der Waals surface area contributed by atoms with Crippen molar-refractivity contribution in [3.63, 3.8) is 0 Å². The lowest BCUT2D eigenvalue weighted by molar-refractivity contribution is 0.748. The van der Waals surface area contributed by atoms with Crippen LogP contribution in [0.5, 0.6) is 0 Å². The van der Waals surface area contributed by atoms with Crippen LogP contribution in [-0.2, 0) is 6.42 Å². The third kappa shape index (κ3) is 4.70. The molecule has 128 valence electrons. The standard InChI is InChI=1S/C22H24N2S/c1-16(2)15-25-22-20(14-18-10-6-4-7-11-18)17(3)23-21(24-22)19-12-8-5-9-13-19/h4-13,16H,14-15H2,1-3H3. The van der Waals surface area contributed by atoms with E-state index in [1.54, 1.807) is 0 Å². The molecule has 2 aromatic carbocycles. The highest BCUT2D eigenvalue weighted by Gasteiger charge is 2.14. The molecule has 0 aliphatic rings. The zero-order chi connectivity index (χ0) is 17.6. The minimum Gasteiger partial charge on any atom is -0.233 e. The van der Waals surface area contributed by atoms with Crippen LogP contribution in [0.4, 0.5) is 0 Å². The van der Waals surface area contributed by atoms with E-state index in [4.69, 9.17) is 9.97 Å². The molecule has 0 aliphatic carbocycles. The molecule has 3 heteroatoms. The van der Waals surface area contributed by atoms with Gasteiger partial charge < -0.3 is 0 Å². The van der Waals surface area contributed by atoms with Crippen LogP contribution < -0.4 is 0 Å². The number of hydrogen-bond donors (Lipinski definition) is 0. The van der Waals surface area contributed by atoms with Gasteiger partial charge in [-0.3, -0.25) is 0 Å². The fraction of sp³-hybridized carbons (Fsp3) is 0.273. The van der Waals surface area contributed by atoms with Gasteiger partial charge in [-0.1, -0.05) is 74.5 Å². The van der Waals surface area contributed by atoms with Crippen molar-refractivity contribution in [2.24, 2.45) is 5.92 Å². The van der Waals surface area contributed by atoms with E-state index < -0.39 is 0 Å². The highest BCUT2D eigenvalue weighted by molar-refractivity contribution is 7.99. The molecular formula is C22H24N2S. The van der Waals surface area contributed by atoms with Crippen molar-refractivity contribution in [2.75, 3.05) is 5.75 Å². The lowest BCUT2D eigenvalue weighted by Crippen LogP contribution is -2.04. The normalized spacial score (nSPS) is 11.0. The largest absolute Gasteiger partial charge is 0.233 e. The first-order valence-corrected chi connectivity index (χ1v) is 9.71. The Morgan fingerprint density at radius 2 is 1.52 bits per heavy atom. The molecule has 1 heterocycles. The number of nitrogens with zero attached hydrogens (tertiary/aromatic N) is 2. The third-order valence-electron chi connectivity index (χ3n) is 3.99. The van der Waals surface area contributed by atoms with E-state index in [0.717, 1.165) is 34.3 Å². The topological polar surface area (TPSA) is 25.8 Å². The second-order valence-electron chi connectivity index (χ2n) is 6.65. The van der Waals surface area contributed by atoms with E-state index in [1.807, 2.05) is 30.0 Å². The summed E-state index contributed by atoms with van der Waals surface area (Å²) in [5, 5.41) is 1.11. The zero-order valence-electron chi connectivity index (χ0n) is 15.1. The predicted molar refractivity (Wildman–Crippen MR) is 107 cm³/mol. The minimum atomic E-state index is 0.630. The molecule has 25 heavy (non-hydrogen) atoms. The van der Waals surface area contributed by atoms with Gasteiger partial charge in [0.05, 0.1) is 0 Å². The van der Waals surface area contributed by atoms with E-state index in [2.05, 4.69) is 63.2 Å². The van der Waals surface area contributed by atoms with E-state index in [0.29, 0.717) is 5.92 Å². The van der Waals surface area contributed by atoms with Gasteiger partial charge in [0.1, 0.15) is 5.03 Å². The number of aromatic nitrogens is 2. The number of aryl methyl sites for hydroxylation is 1. The Balaban J connectivity index is 2.00. The van der Waals surface area contributed by atoms with E-state index >= 15 is 0 Å². The Morgan fingerprint density at radius 1 is 0.880 bits per heavy atom. The molecule has 0 saturated heterocycles. The Labute approximate surface area is 154 Å². The lowest BCUT2D eigenvalue weighted by Gasteiger charge is -2.14. The maximum Gasteiger partial charge on any atom is 0.160 e. The van der Waals surface area contributed by atoms with Gasteiger partial charge in [-0.05, 0) is 18.4 Å². The zero-order valence-corrected chi connectivity index (χ0v) is 15.9. The van der Waals surface area contributed by atoms with Crippen molar-refractivity contribution < 1.29 is 0 Å². The molecule has 0 bridgehead atoms. The van der Waals surface area contributed by atoms with Crippen molar-refractivity contribution >= 4 is 11.8 Å². The van der Waals surface area contributed by atoms with Gasteiger partial charge >= 0.3 is 0 Å². The second kappa shape index (κ2) is 8.30. The first-order valence-electron chi connectivity index (χ1n) is 8.73. The molecule has 0 saturated carbocycles. The maximum absolute atomic E-state index is 4.92. The van der Waals surface area contributed by atoms with Gasteiger partial charge in [-0.2, -0.15) is 0 Å². The van der Waals surface area contributed by atoms with Gasteiger partial charge in [-0.25, -0.2) is 9.97 Å². The molecule has 0 amide bonds. The summed E-state index contributed by atoms with van der Waals surface area (Å²) >= 11 is 1.85. The highest BCUT2D eigenvalue weighted by Crippen LogP contribution is 2.29. The Kier molecular flexibility index (Phi) is 5.87. The summed E-state index contributed by atoms with van der Waals surface area (Å²) in [6, 6.07) is 20.8. The summed E-state index contributed by atoms with van der Waals surface area (Å²) in [6.45, 7) is 6.60. The molecule has 0 unspecified atom stereocenters. The summed E-state index contributed by atoms with van der Waals surface area (Å²) in [5.74, 6) is 2.51. The van der Waals surface area contributed by atoms with Crippen molar-refractivity contribution in [3.05, 3.63) is 77.5 Å². The van der Waals surface area contributed by atoms with Crippen LogP contribution in [0.1, 0.15) is 30.7 Å². The summed E-state index contributed by atoms with van der Waals surface area (Å²) in [6.07, 6.45) is 0.877. The number of thioether (sulfide) groups is 1. The summed E-state index contributed by atoms with van der Waals surface area (Å²) < 4.78 is 0. The lowest BCUT2D eigenvalue weighted by atomic mass is 10.1. The number of rotatable bonds is 6. The van der Waals surface area contributed by atoms with Gasteiger partial charge in [0.2, 0.25) is 0 Å². The molecule has 2 nitrogen and oxygen atoms in total. The van der Waals surface area contributed by atoms with E-state index in [-0.39, 0.29) is 0 Å².